The smallest absolute Gasteiger partial charge is 0.227 e. The Balaban J connectivity index is 2.05. The SMILES string of the molecule is Cc1ccc(C)c(CC(=O)N2C[C@@H](O)[C@@H](O)C2)c1. The normalized spacial score (nSPS) is 23.4. The Kier molecular flexibility index (Phi) is 3.68. The summed E-state index contributed by atoms with van der Waals surface area (Å²) in [6, 6.07) is 6.04. The van der Waals surface area contributed by atoms with Gasteiger partial charge in [-0.25, -0.2) is 0 Å². The van der Waals surface area contributed by atoms with Crippen molar-refractivity contribution < 1.29 is 15.0 Å². The van der Waals surface area contributed by atoms with E-state index in [1.807, 2.05) is 32.0 Å². The van der Waals surface area contributed by atoms with Crippen molar-refractivity contribution >= 4 is 5.91 Å². The molecule has 2 N–H and O–H groups in total. The summed E-state index contributed by atoms with van der Waals surface area (Å²) in [6.45, 7) is 4.43. The average molecular weight is 249 g/mol. The van der Waals surface area contributed by atoms with Gasteiger partial charge in [0.2, 0.25) is 5.91 Å². The second kappa shape index (κ2) is 5.08. The second-order valence-electron chi connectivity index (χ2n) is 5.04. The maximum Gasteiger partial charge on any atom is 0.227 e. The number of aliphatic hydroxyl groups excluding tert-OH is 2. The minimum absolute atomic E-state index is 0.0423. The minimum Gasteiger partial charge on any atom is -0.388 e. The van der Waals surface area contributed by atoms with Crippen molar-refractivity contribution in [3.8, 4) is 0 Å². The molecule has 1 amide bonds. The fraction of sp³-hybridized carbons (Fsp3) is 0.500. The zero-order valence-electron chi connectivity index (χ0n) is 10.8. The summed E-state index contributed by atoms with van der Waals surface area (Å²) in [4.78, 5) is 13.6. The zero-order valence-corrected chi connectivity index (χ0v) is 10.8. The van der Waals surface area contributed by atoms with Crippen molar-refractivity contribution in [1.29, 1.82) is 0 Å². The van der Waals surface area contributed by atoms with Crippen molar-refractivity contribution in [3.05, 3.63) is 34.9 Å². The number of rotatable bonds is 2. The van der Waals surface area contributed by atoms with Gasteiger partial charge in [0.15, 0.2) is 0 Å². The number of benzene rings is 1. The maximum absolute atomic E-state index is 12.1. The van der Waals surface area contributed by atoms with Crippen molar-refractivity contribution in [2.24, 2.45) is 0 Å². The largest absolute Gasteiger partial charge is 0.388 e. The molecule has 98 valence electrons. The standard InChI is InChI=1S/C14H19NO3/c1-9-3-4-10(2)11(5-9)6-14(18)15-7-12(16)13(17)8-15/h3-5,12-13,16-17H,6-8H2,1-2H3/t12-,13+. The number of carbonyl (C=O) groups excluding carboxylic acids is 1. The van der Waals surface area contributed by atoms with Gasteiger partial charge in [-0.15, -0.1) is 0 Å². The van der Waals surface area contributed by atoms with Crippen LogP contribution in [0.5, 0.6) is 0 Å². The Hall–Kier alpha value is -1.39. The predicted octanol–water partition coefficient (Wildman–Crippen LogP) is 0.410. The topological polar surface area (TPSA) is 60.8 Å². The Bertz CT molecular complexity index is 448. The maximum atomic E-state index is 12.1. The van der Waals surface area contributed by atoms with E-state index < -0.39 is 12.2 Å². The summed E-state index contributed by atoms with van der Waals surface area (Å²) in [7, 11) is 0. The molecular formula is C14H19NO3. The van der Waals surface area contributed by atoms with Gasteiger partial charge in [0.05, 0.1) is 18.6 Å². The lowest BCUT2D eigenvalue weighted by Gasteiger charge is -2.16. The first-order chi connectivity index (χ1) is 8.47. The molecule has 1 aliphatic heterocycles. The molecule has 1 fully saturated rings. The second-order valence-corrected chi connectivity index (χ2v) is 5.04. The Morgan fingerprint density at radius 1 is 1.28 bits per heavy atom. The minimum atomic E-state index is -0.812. The molecule has 0 bridgehead atoms. The van der Waals surface area contributed by atoms with Crippen LogP contribution in [0.15, 0.2) is 18.2 Å². The first-order valence-corrected chi connectivity index (χ1v) is 6.17. The third-order valence-electron chi connectivity index (χ3n) is 3.46. The summed E-state index contributed by atoms with van der Waals surface area (Å²) in [5.74, 6) is -0.0423. The highest BCUT2D eigenvalue weighted by atomic mass is 16.3. The van der Waals surface area contributed by atoms with Crippen LogP contribution in [-0.4, -0.2) is 46.3 Å². The number of hydrogen-bond acceptors (Lipinski definition) is 3. The first kappa shape index (κ1) is 13.1. The Labute approximate surface area is 107 Å². The van der Waals surface area contributed by atoms with Gasteiger partial charge < -0.3 is 15.1 Å². The molecular weight excluding hydrogens is 230 g/mol. The molecule has 0 aliphatic carbocycles. The lowest BCUT2D eigenvalue weighted by Crippen LogP contribution is -2.31. The monoisotopic (exact) mass is 249 g/mol. The van der Waals surface area contributed by atoms with Crippen molar-refractivity contribution in [3.63, 3.8) is 0 Å². The molecule has 0 unspecified atom stereocenters. The molecule has 1 aromatic rings. The summed E-state index contributed by atoms with van der Waals surface area (Å²) >= 11 is 0. The highest BCUT2D eigenvalue weighted by Crippen LogP contribution is 2.15. The molecule has 2 atom stereocenters. The van der Waals surface area contributed by atoms with Crippen LogP contribution in [0.4, 0.5) is 0 Å². The number of carbonyl (C=O) groups is 1. The number of amides is 1. The molecule has 1 aliphatic rings. The van der Waals surface area contributed by atoms with Gasteiger partial charge >= 0.3 is 0 Å². The van der Waals surface area contributed by atoms with Gasteiger partial charge in [-0.2, -0.15) is 0 Å². The Morgan fingerprint density at radius 2 is 1.89 bits per heavy atom. The van der Waals surface area contributed by atoms with E-state index in [9.17, 15) is 15.0 Å². The third-order valence-corrected chi connectivity index (χ3v) is 3.46. The number of hydrogen-bond donors (Lipinski definition) is 2. The van der Waals surface area contributed by atoms with E-state index in [-0.39, 0.29) is 19.0 Å². The van der Waals surface area contributed by atoms with Crippen LogP contribution < -0.4 is 0 Å². The molecule has 2 rings (SSSR count). The number of likely N-dealkylation sites (tertiary alicyclic amines) is 1. The summed E-state index contributed by atoms with van der Waals surface area (Å²) < 4.78 is 0. The highest BCUT2D eigenvalue weighted by molar-refractivity contribution is 5.79. The molecule has 0 saturated carbocycles. The summed E-state index contributed by atoms with van der Waals surface area (Å²) in [6.07, 6.45) is -1.30. The van der Waals surface area contributed by atoms with Crippen LogP contribution in [-0.2, 0) is 11.2 Å². The molecule has 4 nitrogen and oxygen atoms in total. The predicted molar refractivity (Wildman–Crippen MR) is 68.2 cm³/mol. The van der Waals surface area contributed by atoms with Gasteiger partial charge in [-0.1, -0.05) is 23.8 Å². The van der Waals surface area contributed by atoms with Gasteiger partial charge in [-0.05, 0) is 25.0 Å². The van der Waals surface area contributed by atoms with E-state index in [2.05, 4.69) is 0 Å². The van der Waals surface area contributed by atoms with Crippen molar-refractivity contribution in [1.82, 2.24) is 4.90 Å². The molecule has 1 aromatic carbocycles. The molecule has 1 heterocycles. The summed E-state index contributed by atoms with van der Waals surface area (Å²) in [5.41, 5.74) is 3.23. The lowest BCUT2D eigenvalue weighted by molar-refractivity contribution is -0.130. The van der Waals surface area contributed by atoms with Crippen molar-refractivity contribution in [2.75, 3.05) is 13.1 Å². The number of aryl methyl sites for hydroxylation is 2. The van der Waals surface area contributed by atoms with Crippen LogP contribution in [0.3, 0.4) is 0 Å². The fourth-order valence-electron chi connectivity index (χ4n) is 2.24. The first-order valence-electron chi connectivity index (χ1n) is 6.17. The molecule has 0 radical (unpaired) electrons. The van der Waals surface area contributed by atoms with Gasteiger partial charge in [0.25, 0.3) is 0 Å². The fourth-order valence-corrected chi connectivity index (χ4v) is 2.24. The molecule has 4 heteroatoms. The number of β-amino-alcohol motifs (C(OH)–C–C–N with tert-alkyl or cyclic N) is 2. The third kappa shape index (κ3) is 2.71. The van der Waals surface area contributed by atoms with E-state index in [0.717, 1.165) is 16.7 Å². The quantitative estimate of drug-likeness (QED) is 0.798. The van der Waals surface area contributed by atoms with E-state index in [4.69, 9.17) is 0 Å². The molecule has 0 aromatic heterocycles. The van der Waals surface area contributed by atoms with E-state index in [1.165, 1.54) is 4.90 Å². The van der Waals surface area contributed by atoms with Crippen molar-refractivity contribution in [2.45, 2.75) is 32.5 Å². The van der Waals surface area contributed by atoms with Crippen LogP contribution in [0, 0.1) is 13.8 Å². The average Bonchev–Trinajstić information content (AvgIpc) is 2.64. The molecule has 0 spiro atoms. The van der Waals surface area contributed by atoms with Crippen LogP contribution >= 0.6 is 0 Å². The van der Waals surface area contributed by atoms with Gasteiger partial charge in [-0.3, -0.25) is 4.79 Å². The van der Waals surface area contributed by atoms with Gasteiger partial charge in [0.1, 0.15) is 0 Å². The van der Waals surface area contributed by atoms with E-state index >= 15 is 0 Å². The van der Waals surface area contributed by atoms with Crippen LogP contribution in [0.25, 0.3) is 0 Å². The van der Waals surface area contributed by atoms with E-state index in [1.54, 1.807) is 0 Å². The highest BCUT2D eigenvalue weighted by Gasteiger charge is 2.32. The number of nitrogens with zero attached hydrogens (tertiary/aromatic N) is 1. The number of aliphatic hydroxyl groups is 2. The van der Waals surface area contributed by atoms with Crippen LogP contribution in [0.1, 0.15) is 16.7 Å². The van der Waals surface area contributed by atoms with Crippen LogP contribution in [0.2, 0.25) is 0 Å². The summed E-state index contributed by atoms with van der Waals surface area (Å²) in [5, 5.41) is 18.9. The molecule has 18 heavy (non-hydrogen) atoms. The van der Waals surface area contributed by atoms with Gasteiger partial charge in [0, 0.05) is 13.1 Å². The lowest BCUT2D eigenvalue weighted by atomic mass is 10.0. The Morgan fingerprint density at radius 3 is 2.50 bits per heavy atom. The van der Waals surface area contributed by atoms with E-state index in [0.29, 0.717) is 6.42 Å². The zero-order chi connectivity index (χ0) is 13.3. The molecule has 1 saturated heterocycles.